The molecule has 16 heteroatoms. The predicted molar refractivity (Wildman–Crippen MR) is 190 cm³/mol. The van der Waals surface area contributed by atoms with Crippen LogP contribution in [-0.2, 0) is 11.8 Å². The molecule has 3 aromatic heterocycles. The Bertz CT molecular complexity index is 2140. The van der Waals surface area contributed by atoms with E-state index in [9.17, 15) is 14.4 Å². The molecule has 5 heterocycles. The van der Waals surface area contributed by atoms with Gasteiger partial charge in [-0.05, 0) is 24.3 Å². The maximum atomic E-state index is 15.6. The number of rotatable bonds is 7. The van der Waals surface area contributed by atoms with Gasteiger partial charge >= 0.3 is 0 Å². The van der Waals surface area contributed by atoms with E-state index in [0.717, 1.165) is 30.4 Å². The van der Waals surface area contributed by atoms with Crippen molar-refractivity contribution in [3.05, 3.63) is 83.2 Å². The largest absolute Gasteiger partial charge is 0.339 e. The molecule has 52 heavy (non-hydrogen) atoms. The van der Waals surface area contributed by atoms with Crippen LogP contribution in [0.15, 0.2) is 55.1 Å². The second-order valence-electron chi connectivity index (χ2n) is 13.9. The van der Waals surface area contributed by atoms with Gasteiger partial charge in [-0.2, -0.15) is 10.2 Å². The summed E-state index contributed by atoms with van der Waals surface area (Å²) in [5.74, 6) is -2.92. The summed E-state index contributed by atoms with van der Waals surface area (Å²) in [7, 11) is 5.89. The van der Waals surface area contributed by atoms with E-state index in [0.29, 0.717) is 48.7 Å². The number of imidazole rings is 1. The topological polar surface area (TPSA) is 145 Å². The van der Waals surface area contributed by atoms with Crippen LogP contribution in [0.4, 0.5) is 14.5 Å². The van der Waals surface area contributed by atoms with Gasteiger partial charge in [0, 0.05) is 86.1 Å². The molecule has 2 aliphatic heterocycles. The summed E-state index contributed by atoms with van der Waals surface area (Å²) >= 11 is 6.54. The third-order valence-corrected chi connectivity index (χ3v) is 10.4. The lowest BCUT2D eigenvalue weighted by molar-refractivity contribution is -0.895. The van der Waals surface area contributed by atoms with Crippen molar-refractivity contribution in [1.82, 2.24) is 39.7 Å². The third kappa shape index (κ3) is 6.68. The van der Waals surface area contributed by atoms with Gasteiger partial charge in [0.15, 0.2) is 17.5 Å². The molecule has 3 amide bonds. The zero-order chi connectivity index (χ0) is 36.7. The molecular formula is C36H38ClF2N10O3+. The SMILES string of the molecule is Cn1c(-c2ccc(-c3cn[nH]c3-c3cn[nH]c3)c(F)c2F)cnc1C(=O)Nc1ccc(C(=O)N2CCN(C(=O)C3CC[N+](C)(C)CC3)CC2)c(Cl)c1. The first-order chi connectivity index (χ1) is 24.9. The van der Waals surface area contributed by atoms with Crippen molar-refractivity contribution >= 4 is 35.0 Å². The van der Waals surface area contributed by atoms with E-state index >= 15 is 8.78 Å². The van der Waals surface area contributed by atoms with E-state index in [4.69, 9.17) is 11.6 Å². The maximum absolute atomic E-state index is 15.6. The third-order valence-electron chi connectivity index (χ3n) is 10.1. The van der Waals surface area contributed by atoms with Crippen molar-refractivity contribution < 1.29 is 27.6 Å². The second-order valence-corrected chi connectivity index (χ2v) is 14.3. The highest BCUT2D eigenvalue weighted by molar-refractivity contribution is 6.34. The van der Waals surface area contributed by atoms with Crippen molar-refractivity contribution in [2.45, 2.75) is 12.8 Å². The Balaban J connectivity index is 0.994. The van der Waals surface area contributed by atoms with Crippen LogP contribution in [-0.4, -0.2) is 115 Å². The standard InChI is InChI=1S/C36H37ClF2N10O3/c1-46-29(26-7-6-24(30(38)31(26)39)27-19-43-45-32(27)22-17-41-42-18-22)20-40-33(46)34(50)44-23-4-5-25(28(37)16-23)36(52)48-12-10-47(11-13-48)35(51)21-8-14-49(2,3)15-9-21/h4-7,16-21H,8-15H2,1-3H3,(H2-,40,41,42,43,44,45,50,52)/p+1. The van der Waals surface area contributed by atoms with Gasteiger partial charge in [0.25, 0.3) is 11.8 Å². The number of carbonyl (C=O) groups excluding carboxylic acids is 3. The first kappa shape index (κ1) is 35.0. The van der Waals surface area contributed by atoms with Gasteiger partial charge in [-0.15, -0.1) is 0 Å². The quantitative estimate of drug-likeness (QED) is 0.205. The van der Waals surface area contributed by atoms with Crippen LogP contribution in [0.1, 0.15) is 33.8 Å². The zero-order valence-corrected chi connectivity index (χ0v) is 29.7. The number of H-pyrrole nitrogens is 2. The van der Waals surface area contributed by atoms with Crippen LogP contribution in [0.3, 0.4) is 0 Å². The number of aromatic nitrogens is 6. The molecule has 270 valence electrons. The van der Waals surface area contributed by atoms with Gasteiger partial charge in [0.1, 0.15) is 0 Å². The molecule has 13 nitrogen and oxygen atoms in total. The van der Waals surface area contributed by atoms with Crippen molar-refractivity contribution in [3.63, 3.8) is 0 Å². The zero-order valence-electron chi connectivity index (χ0n) is 28.9. The number of hydrogen-bond acceptors (Lipinski definition) is 6. The lowest BCUT2D eigenvalue weighted by Crippen LogP contribution is -2.54. The monoisotopic (exact) mass is 731 g/mol. The second kappa shape index (κ2) is 14.0. The minimum Gasteiger partial charge on any atom is -0.339 e. The Labute approximate surface area is 303 Å². The van der Waals surface area contributed by atoms with E-state index < -0.39 is 17.5 Å². The molecule has 3 N–H and O–H groups in total. The number of benzene rings is 2. The highest BCUT2D eigenvalue weighted by Crippen LogP contribution is 2.36. The Kier molecular flexibility index (Phi) is 9.40. The fourth-order valence-corrected chi connectivity index (χ4v) is 7.21. The Morgan fingerprint density at radius 1 is 0.904 bits per heavy atom. The van der Waals surface area contributed by atoms with E-state index in [2.05, 4.69) is 44.8 Å². The van der Waals surface area contributed by atoms with Crippen LogP contribution < -0.4 is 5.32 Å². The molecule has 0 unspecified atom stereocenters. The van der Waals surface area contributed by atoms with Crippen LogP contribution in [0.25, 0.3) is 33.6 Å². The summed E-state index contributed by atoms with van der Waals surface area (Å²) in [6.45, 7) is 3.69. The Morgan fingerprint density at radius 2 is 1.60 bits per heavy atom. The van der Waals surface area contributed by atoms with Gasteiger partial charge in [0.2, 0.25) is 5.91 Å². The fourth-order valence-electron chi connectivity index (χ4n) is 6.95. The number of quaternary nitrogens is 1. The highest BCUT2D eigenvalue weighted by atomic mass is 35.5. The lowest BCUT2D eigenvalue weighted by atomic mass is 9.94. The number of nitrogens with one attached hydrogen (secondary N) is 3. The van der Waals surface area contributed by atoms with Gasteiger partial charge in [0.05, 0.1) is 67.7 Å². The molecule has 0 aliphatic carbocycles. The van der Waals surface area contributed by atoms with E-state index in [1.165, 1.54) is 48.4 Å². The number of nitrogens with zero attached hydrogens (tertiary/aromatic N) is 7. The smallest absolute Gasteiger partial charge is 0.291 e. The van der Waals surface area contributed by atoms with Crippen molar-refractivity contribution in [3.8, 4) is 33.6 Å². The van der Waals surface area contributed by atoms with Gasteiger partial charge in [-0.25, -0.2) is 13.8 Å². The number of piperidine rings is 1. The van der Waals surface area contributed by atoms with Crippen LogP contribution in [0.2, 0.25) is 5.02 Å². The van der Waals surface area contributed by atoms with E-state index in [-0.39, 0.29) is 51.0 Å². The number of likely N-dealkylation sites (tertiary alicyclic amines) is 1. The molecule has 0 bridgehead atoms. The van der Waals surface area contributed by atoms with Crippen LogP contribution in [0.5, 0.6) is 0 Å². The lowest BCUT2D eigenvalue weighted by Gasteiger charge is -2.40. The van der Waals surface area contributed by atoms with Gasteiger partial charge in [-0.3, -0.25) is 24.6 Å². The minimum absolute atomic E-state index is 0.000845. The number of piperazine rings is 1. The number of amides is 3. The maximum Gasteiger partial charge on any atom is 0.291 e. The molecule has 2 aliphatic rings. The molecule has 7 rings (SSSR count). The Morgan fingerprint density at radius 3 is 2.29 bits per heavy atom. The summed E-state index contributed by atoms with van der Waals surface area (Å²) in [4.78, 5) is 47.5. The molecular weight excluding hydrogens is 694 g/mol. The number of anilines is 1. The van der Waals surface area contributed by atoms with E-state index in [1.807, 2.05) is 4.90 Å². The molecule has 2 aromatic carbocycles. The molecule has 0 spiro atoms. The van der Waals surface area contributed by atoms with Crippen molar-refractivity contribution in [2.75, 3.05) is 58.7 Å². The summed E-state index contributed by atoms with van der Waals surface area (Å²) < 4.78 is 33.4. The highest BCUT2D eigenvalue weighted by Gasteiger charge is 2.35. The molecule has 2 fully saturated rings. The van der Waals surface area contributed by atoms with Gasteiger partial charge in [-0.1, -0.05) is 17.7 Å². The fraction of sp³-hybridized carbons (Fsp3) is 0.333. The first-order valence-corrected chi connectivity index (χ1v) is 17.3. The molecule has 0 radical (unpaired) electrons. The Hall–Kier alpha value is -5.41. The van der Waals surface area contributed by atoms with Crippen molar-refractivity contribution in [1.29, 1.82) is 0 Å². The van der Waals surface area contributed by atoms with Gasteiger partial charge < -0.3 is 24.2 Å². The molecule has 2 saturated heterocycles. The summed E-state index contributed by atoms with van der Waals surface area (Å²) in [6, 6.07) is 7.44. The number of halogens is 3. The number of aromatic amines is 2. The van der Waals surface area contributed by atoms with E-state index in [1.54, 1.807) is 23.2 Å². The summed E-state index contributed by atoms with van der Waals surface area (Å²) in [6.07, 6.45) is 7.59. The average Bonchev–Trinajstić information content (AvgIpc) is 3.91. The first-order valence-electron chi connectivity index (χ1n) is 17.0. The number of hydrogen-bond donors (Lipinski definition) is 3. The normalized spacial score (nSPS) is 16.3. The summed E-state index contributed by atoms with van der Waals surface area (Å²) in [5.41, 5.74) is 2.14. The summed E-state index contributed by atoms with van der Waals surface area (Å²) in [5, 5.41) is 16.2. The molecule has 5 aromatic rings. The predicted octanol–water partition coefficient (Wildman–Crippen LogP) is 4.82. The molecule has 0 saturated carbocycles. The number of carbonyl (C=O) groups is 3. The van der Waals surface area contributed by atoms with Crippen LogP contribution in [0, 0.1) is 17.6 Å². The molecule has 0 atom stereocenters. The van der Waals surface area contributed by atoms with Crippen molar-refractivity contribution in [2.24, 2.45) is 13.0 Å². The average molecular weight is 732 g/mol. The van der Waals surface area contributed by atoms with Crippen LogP contribution >= 0.6 is 11.6 Å². The minimum atomic E-state index is -1.11.